The maximum absolute atomic E-state index is 11.4. The molecule has 0 aromatic carbocycles. The first-order valence-corrected chi connectivity index (χ1v) is 5.36. The largest absolute Gasteiger partial charge is 0.464 e. The van der Waals surface area contributed by atoms with E-state index in [-0.39, 0.29) is 5.97 Å². The first kappa shape index (κ1) is 13.4. The molecule has 0 aromatic rings. The molecule has 3 heteroatoms. The molecular formula is C11H23NO2. The molecule has 0 heterocycles. The van der Waals surface area contributed by atoms with Crippen LogP contribution in [0.2, 0.25) is 0 Å². The molecule has 2 N–H and O–H groups in total. The van der Waals surface area contributed by atoms with Gasteiger partial charge in [-0.1, -0.05) is 20.8 Å². The number of hydrogen-bond donors (Lipinski definition) is 1. The number of rotatable bonds is 6. The average molecular weight is 201 g/mol. The smallest absolute Gasteiger partial charge is 0.325 e. The Balaban J connectivity index is 3.64. The van der Waals surface area contributed by atoms with Crippen LogP contribution in [-0.4, -0.2) is 18.1 Å². The average Bonchev–Trinajstić information content (AvgIpc) is 2.11. The molecule has 0 aliphatic heterocycles. The van der Waals surface area contributed by atoms with Gasteiger partial charge in [0.25, 0.3) is 0 Å². The molecular weight excluding hydrogens is 178 g/mol. The summed E-state index contributed by atoms with van der Waals surface area (Å²) >= 11 is 0. The van der Waals surface area contributed by atoms with Crippen LogP contribution in [0.15, 0.2) is 0 Å². The summed E-state index contributed by atoms with van der Waals surface area (Å²) in [5.41, 5.74) is 4.91. The van der Waals surface area contributed by atoms with Gasteiger partial charge in [-0.15, -0.1) is 0 Å². The van der Waals surface area contributed by atoms with Crippen molar-refractivity contribution in [2.24, 2.45) is 11.7 Å². The lowest BCUT2D eigenvalue weighted by molar-refractivity contribution is -0.149. The van der Waals surface area contributed by atoms with Gasteiger partial charge in [-0.05, 0) is 32.1 Å². The fraction of sp³-hybridized carbons (Fsp3) is 0.909. The Bertz CT molecular complexity index is 176. The van der Waals surface area contributed by atoms with Crippen molar-refractivity contribution >= 4 is 5.97 Å². The summed E-state index contributed by atoms with van der Waals surface area (Å²) in [7, 11) is 0. The van der Waals surface area contributed by atoms with Crippen LogP contribution in [0.5, 0.6) is 0 Å². The minimum atomic E-state index is -0.822. The highest BCUT2D eigenvalue weighted by Crippen LogP contribution is 2.09. The van der Waals surface area contributed by atoms with E-state index in [4.69, 9.17) is 10.5 Å². The number of nitrogens with two attached hydrogens (primary N) is 1. The van der Waals surface area contributed by atoms with Gasteiger partial charge in [-0.3, -0.25) is 4.79 Å². The highest BCUT2D eigenvalue weighted by Gasteiger charge is 2.27. The molecule has 0 spiro atoms. The van der Waals surface area contributed by atoms with E-state index in [2.05, 4.69) is 13.8 Å². The van der Waals surface area contributed by atoms with Crippen LogP contribution < -0.4 is 5.73 Å². The van der Waals surface area contributed by atoms with Gasteiger partial charge in [0, 0.05) is 0 Å². The van der Waals surface area contributed by atoms with E-state index in [1.807, 2.05) is 6.92 Å². The third-order valence-electron chi connectivity index (χ3n) is 2.36. The SMILES string of the molecule is CCC(C)(N)C(=O)OCCCC(C)C. The molecule has 3 nitrogen and oxygen atoms in total. The van der Waals surface area contributed by atoms with E-state index < -0.39 is 5.54 Å². The fourth-order valence-electron chi connectivity index (χ4n) is 0.966. The molecule has 0 aliphatic carbocycles. The minimum absolute atomic E-state index is 0.288. The number of esters is 1. The lowest BCUT2D eigenvalue weighted by atomic mass is 10.0. The van der Waals surface area contributed by atoms with Crippen molar-refractivity contribution in [3.8, 4) is 0 Å². The molecule has 1 atom stereocenters. The molecule has 0 radical (unpaired) electrons. The Morgan fingerprint density at radius 2 is 2.07 bits per heavy atom. The van der Waals surface area contributed by atoms with E-state index >= 15 is 0 Å². The van der Waals surface area contributed by atoms with Gasteiger partial charge in [0.05, 0.1) is 6.61 Å². The van der Waals surface area contributed by atoms with Gasteiger partial charge < -0.3 is 10.5 Å². The second-order valence-corrected chi connectivity index (χ2v) is 4.44. The van der Waals surface area contributed by atoms with Crippen molar-refractivity contribution in [3.63, 3.8) is 0 Å². The Morgan fingerprint density at radius 3 is 2.50 bits per heavy atom. The molecule has 0 saturated carbocycles. The zero-order valence-electron chi connectivity index (χ0n) is 9.80. The summed E-state index contributed by atoms with van der Waals surface area (Å²) in [6.07, 6.45) is 2.61. The van der Waals surface area contributed by atoms with Crippen LogP contribution in [0.1, 0.15) is 47.0 Å². The third kappa shape index (κ3) is 5.22. The zero-order chi connectivity index (χ0) is 11.2. The summed E-state index contributed by atoms with van der Waals surface area (Å²) in [4.78, 5) is 11.4. The Labute approximate surface area is 87.0 Å². The van der Waals surface area contributed by atoms with E-state index in [9.17, 15) is 4.79 Å². The van der Waals surface area contributed by atoms with Crippen LogP contribution >= 0.6 is 0 Å². The summed E-state index contributed by atoms with van der Waals surface area (Å²) < 4.78 is 5.08. The van der Waals surface area contributed by atoms with Gasteiger partial charge in [-0.25, -0.2) is 0 Å². The van der Waals surface area contributed by atoms with E-state index in [0.29, 0.717) is 18.9 Å². The molecule has 0 amide bonds. The van der Waals surface area contributed by atoms with Crippen molar-refractivity contribution in [1.82, 2.24) is 0 Å². The summed E-state index contributed by atoms with van der Waals surface area (Å²) in [5, 5.41) is 0. The molecule has 0 bridgehead atoms. The van der Waals surface area contributed by atoms with E-state index in [1.165, 1.54) is 0 Å². The van der Waals surface area contributed by atoms with Crippen LogP contribution in [-0.2, 0) is 9.53 Å². The standard InChI is InChI=1S/C11H23NO2/c1-5-11(4,12)10(13)14-8-6-7-9(2)3/h9H,5-8,12H2,1-4H3. The maximum Gasteiger partial charge on any atom is 0.325 e. The van der Waals surface area contributed by atoms with Gasteiger partial charge in [0.15, 0.2) is 0 Å². The van der Waals surface area contributed by atoms with Gasteiger partial charge in [0.1, 0.15) is 5.54 Å². The van der Waals surface area contributed by atoms with Crippen LogP contribution in [0.25, 0.3) is 0 Å². The highest BCUT2D eigenvalue weighted by atomic mass is 16.5. The van der Waals surface area contributed by atoms with Crippen molar-refractivity contribution < 1.29 is 9.53 Å². The molecule has 14 heavy (non-hydrogen) atoms. The molecule has 84 valence electrons. The second-order valence-electron chi connectivity index (χ2n) is 4.44. The van der Waals surface area contributed by atoms with Crippen molar-refractivity contribution in [1.29, 1.82) is 0 Å². The van der Waals surface area contributed by atoms with Crippen molar-refractivity contribution in [2.75, 3.05) is 6.61 Å². The summed E-state index contributed by atoms with van der Waals surface area (Å²) in [6.45, 7) is 8.39. The predicted octanol–water partition coefficient (Wildman–Crippen LogP) is 2.09. The second kappa shape index (κ2) is 6.02. The lowest BCUT2D eigenvalue weighted by Gasteiger charge is -2.20. The molecule has 0 fully saturated rings. The molecule has 0 rings (SSSR count). The normalized spacial score (nSPS) is 15.3. The van der Waals surface area contributed by atoms with Gasteiger partial charge in [0.2, 0.25) is 0 Å². The molecule has 0 aliphatic rings. The molecule has 0 saturated heterocycles. The topological polar surface area (TPSA) is 52.3 Å². The first-order valence-electron chi connectivity index (χ1n) is 5.36. The molecule has 1 unspecified atom stereocenters. The highest BCUT2D eigenvalue weighted by molar-refractivity contribution is 5.79. The minimum Gasteiger partial charge on any atom is -0.464 e. The van der Waals surface area contributed by atoms with Crippen molar-refractivity contribution in [3.05, 3.63) is 0 Å². The van der Waals surface area contributed by atoms with Gasteiger partial charge >= 0.3 is 5.97 Å². The Morgan fingerprint density at radius 1 is 1.50 bits per heavy atom. The van der Waals surface area contributed by atoms with Crippen LogP contribution in [0.3, 0.4) is 0 Å². The Hall–Kier alpha value is -0.570. The number of carbonyl (C=O) groups is 1. The van der Waals surface area contributed by atoms with E-state index in [0.717, 1.165) is 12.8 Å². The van der Waals surface area contributed by atoms with E-state index in [1.54, 1.807) is 6.92 Å². The summed E-state index contributed by atoms with van der Waals surface area (Å²) in [6, 6.07) is 0. The molecule has 0 aromatic heterocycles. The quantitative estimate of drug-likeness (QED) is 0.529. The number of carbonyl (C=O) groups excluding carboxylic acids is 1. The zero-order valence-corrected chi connectivity index (χ0v) is 9.80. The van der Waals surface area contributed by atoms with Crippen molar-refractivity contribution in [2.45, 2.75) is 52.5 Å². The van der Waals surface area contributed by atoms with Crippen LogP contribution in [0.4, 0.5) is 0 Å². The third-order valence-corrected chi connectivity index (χ3v) is 2.36. The Kier molecular flexibility index (Phi) is 5.77. The lowest BCUT2D eigenvalue weighted by Crippen LogP contribution is -2.45. The van der Waals surface area contributed by atoms with Crippen LogP contribution in [0, 0.1) is 5.92 Å². The predicted molar refractivity (Wildman–Crippen MR) is 57.9 cm³/mol. The summed E-state index contributed by atoms with van der Waals surface area (Å²) in [5.74, 6) is 0.368. The monoisotopic (exact) mass is 201 g/mol. The fourth-order valence-corrected chi connectivity index (χ4v) is 0.966. The maximum atomic E-state index is 11.4. The first-order chi connectivity index (χ1) is 6.40. The van der Waals surface area contributed by atoms with Gasteiger partial charge in [-0.2, -0.15) is 0 Å². The number of ether oxygens (including phenoxy) is 1. The number of hydrogen-bond acceptors (Lipinski definition) is 3.